The third-order valence-corrected chi connectivity index (χ3v) is 4.13. The summed E-state index contributed by atoms with van der Waals surface area (Å²) >= 11 is 0. The standard InChI is InChI=1S/C17H28O4/c1-2-3-5-9-15-14(10-11-16(15)18)8-6-4-7-12-21-13-17(19)20/h3,5,14-15H,2,4,6-13H2,1H3,(H,19,20)/b5-3-/t14-,15+/m0/s1. The van der Waals surface area contributed by atoms with Crippen LogP contribution in [-0.2, 0) is 14.3 Å². The molecule has 0 spiro atoms. The topological polar surface area (TPSA) is 63.6 Å². The molecule has 2 atom stereocenters. The van der Waals surface area contributed by atoms with E-state index in [1.54, 1.807) is 0 Å². The number of carbonyl (C=O) groups is 2. The molecule has 1 aliphatic carbocycles. The number of ether oxygens (including phenoxy) is 1. The summed E-state index contributed by atoms with van der Waals surface area (Å²) in [6.07, 6.45) is 12.2. The number of unbranched alkanes of at least 4 members (excludes halogenated alkanes) is 2. The van der Waals surface area contributed by atoms with Crippen molar-refractivity contribution >= 4 is 11.8 Å². The Bertz CT molecular complexity index is 349. The molecule has 0 heterocycles. The number of hydrogen-bond donors (Lipinski definition) is 1. The number of ketones is 1. The van der Waals surface area contributed by atoms with Crippen LogP contribution in [0.3, 0.4) is 0 Å². The van der Waals surface area contributed by atoms with E-state index in [1.165, 1.54) is 0 Å². The maximum absolute atomic E-state index is 11.9. The Balaban J connectivity index is 2.13. The van der Waals surface area contributed by atoms with E-state index in [-0.39, 0.29) is 12.5 Å². The van der Waals surface area contributed by atoms with Crippen LogP contribution in [0.25, 0.3) is 0 Å². The Kier molecular flexibility index (Phi) is 8.99. The molecular weight excluding hydrogens is 268 g/mol. The highest BCUT2D eigenvalue weighted by atomic mass is 16.5. The van der Waals surface area contributed by atoms with Crippen LogP contribution in [0.1, 0.15) is 58.3 Å². The zero-order chi connectivity index (χ0) is 15.5. The van der Waals surface area contributed by atoms with Crippen LogP contribution in [-0.4, -0.2) is 30.1 Å². The van der Waals surface area contributed by atoms with Crippen molar-refractivity contribution in [3.8, 4) is 0 Å². The lowest BCUT2D eigenvalue weighted by Gasteiger charge is -2.16. The van der Waals surface area contributed by atoms with Gasteiger partial charge in [0.1, 0.15) is 12.4 Å². The predicted molar refractivity (Wildman–Crippen MR) is 82.2 cm³/mol. The van der Waals surface area contributed by atoms with Gasteiger partial charge >= 0.3 is 5.97 Å². The summed E-state index contributed by atoms with van der Waals surface area (Å²) in [7, 11) is 0. The second-order valence-corrected chi connectivity index (χ2v) is 5.78. The number of carbonyl (C=O) groups excluding carboxylic acids is 1. The first-order valence-corrected chi connectivity index (χ1v) is 8.12. The van der Waals surface area contributed by atoms with Gasteiger partial charge in [-0.25, -0.2) is 4.79 Å². The maximum atomic E-state index is 11.9. The van der Waals surface area contributed by atoms with Crippen molar-refractivity contribution in [1.29, 1.82) is 0 Å². The lowest BCUT2D eigenvalue weighted by molar-refractivity contribution is -0.142. The van der Waals surface area contributed by atoms with Gasteiger partial charge < -0.3 is 9.84 Å². The molecule has 0 aromatic carbocycles. The smallest absolute Gasteiger partial charge is 0.329 e. The van der Waals surface area contributed by atoms with E-state index in [0.29, 0.717) is 18.3 Å². The fraction of sp³-hybridized carbons (Fsp3) is 0.765. The van der Waals surface area contributed by atoms with Crippen LogP contribution in [0.4, 0.5) is 0 Å². The monoisotopic (exact) mass is 296 g/mol. The van der Waals surface area contributed by atoms with E-state index in [4.69, 9.17) is 9.84 Å². The second-order valence-electron chi connectivity index (χ2n) is 5.78. The van der Waals surface area contributed by atoms with Gasteiger partial charge in [-0.05, 0) is 38.0 Å². The van der Waals surface area contributed by atoms with E-state index < -0.39 is 5.97 Å². The van der Waals surface area contributed by atoms with Crippen LogP contribution in [0.15, 0.2) is 12.2 Å². The number of allylic oxidation sites excluding steroid dienone is 2. The Labute approximate surface area is 127 Å². The van der Waals surface area contributed by atoms with Crippen LogP contribution in [0.5, 0.6) is 0 Å². The van der Waals surface area contributed by atoms with Gasteiger partial charge in [0.25, 0.3) is 0 Å². The van der Waals surface area contributed by atoms with Gasteiger partial charge in [0.15, 0.2) is 0 Å². The van der Waals surface area contributed by atoms with Crippen molar-refractivity contribution in [2.45, 2.75) is 58.3 Å². The Morgan fingerprint density at radius 1 is 1.33 bits per heavy atom. The molecule has 0 aromatic heterocycles. The highest BCUT2D eigenvalue weighted by Crippen LogP contribution is 2.35. The van der Waals surface area contributed by atoms with Crippen molar-refractivity contribution in [2.24, 2.45) is 11.8 Å². The summed E-state index contributed by atoms with van der Waals surface area (Å²) in [5.41, 5.74) is 0. The molecule has 0 aromatic rings. The molecule has 1 rings (SSSR count). The summed E-state index contributed by atoms with van der Waals surface area (Å²) < 4.78 is 5.01. The highest BCUT2D eigenvalue weighted by Gasteiger charge is 2.32. The van der Waals surface area contributed by atoms with Gasteiger partial charge in [0.2, 0.25) is 0 Å². The molecule has 0 bridgehead atoms. The summed E-state index contributed by atoms with van der Waals surface area (Å²) in [6.45, 7) is 2.42. The van der Waals surface area contributed by atoms with Gasteiger partial charge in [-0.1, -0.05) is 31.9 Å². The molecule has 0 aliphatic heterocycles. The molecular formula is C17H28O4. The zero-order valence-corrected chi connectivity index (χ0v) is 13.1. The average molecular weight is 296 g/mol. The molecule has 4 heteroatoms. The summed E-state index contributed by atoms with van der Waals surface area (Å²) in [4.78, 5) is 22.2. The number of carboxylic acids is 1. The molecule has 1 aliphatic rings. The fourth-order valence-electron chi connectivity index (χ4n) is 3.00. The largest absolute Gasteiger partial charge is 0.480 e. The molecule has 1 N–H and O–H groups in total. The van der Waals surface area contributed by atoms with Gasteiger partial charge in [0.05, 0.1) is 0 Å². The van der Waals surface area contributed by atoms with Crippen LogP contribution in [0, 0.1) is 11.8 Å². The normalized spacial score (nSPS) is 22.2. The first-order valence-electron chi connectivity index (χ1n) is 8.12. The van der Waals surface area contributed by atoms with E-state index >= 15 is 0 Å². The number of carboxylic acid groups (broad SMARTS) is 1. The lowest BCUT2D eigenvalue weighted by atomic mass is 9.88. The average Bonchev–Trinajstić information content (AvgIpc) is 2.79. The quantitative estimate of drug-likeness (QED) is 0.467. The SMILES string of the molecule is CC/C=C\C[C@H]1C(=O)CC[C@@H]1CCCCCOCC(=O)O. The Morgan fingerprint density at radius 2 is 2.14 bits per heavy atom. The molecule has 0 unspecified atom stereocenters. The molecule has 120 valence electrons. The van der Waals surface area contributed by atoms with Gasteiger partial charge in [-0.15, -0.1) is 0 Å². The van der Waals surface area contributed by atoms with Crippen LogP contribution < -0.4 is 0 Å². The van der Waals surface area contributed by atoms with E-state index in [0.717, 1.165) is 51.4 Å². The molecule has 0 amide bonds. The third-order valence-electron chi connectivity index (χ3n) is 4.13. The van der Waals surface area contributed by atoms with Crippen molar-refractivity contribution in [3.63, 3.8) is 0 Å². The zero-order valence-electron chi connectivity index (χ0n) is 13.1. The maximum Gasteiger partial charge on any atom is 0.329 e. The van der Waals surface area contributed by atoms with Crippen molar-refractivity contribution in [1.82, 2.24) is 0 Å². The molecule has 21 heavy (non-hydrogen) atoms. The first-order chi connectivity index (χ1) is 10.1. The second kappa shape index (κ2) is 10.6. The molecule has 4 nitrogen and oxygen atoms in total. The van der Waals surface area contributed by atoms with E-state index in [2.05, 4.69) is 19.1 Å². The van der Waals surface area contributed by atoms with Crippen LogP contribution in [0.2, 0.25) is 0 Å². The summed E-state index contributed by atoms with van der Waals surface area (Å²) in [5.74, 6) is 0.294. The Hall–Kier alpha value is -1.16. The summed E-state index contributed by atoms with van der Waals surface area (Å²) in [5, 5.41) is 8.44. The van der Waals surface area contributed by atoms with Crippen molar-refractivity contribution < 1.29 is 19.4 Å². The van der Waals surface area contributed by atoms with Gasteiger partial charge in [-0.2, -0.15) is 0 Å². The van der Waals surface area contributed by atoms with Crippen LogP contribution >= 0.6 is 0 Å². The third kappa shape index (κ3) is 7.42. The molecule has 0 saturated heterocycles. The Morgan fingerprint density at radius 3 is 2.86 bits per heavy atom. The van der Waals surface area contributed by atoms with Gasteiger partial charge in [0, 0.05) is 18.9 Å². The van der Waals surface area contributed by atoms with Crippen molar-refractivity contribution in [3.05, 3.63) is 12.2 Å². The first kappa shape index (κ1) is 17.9. The van der Waals surface area contributed by atoms with Gasteiger partial charge in [-0.3, -0.25) is 4.79 Å². The minimum atomic E-state index is -0.914. The predicted octanol–water partition coefficient (Wildman–Crippen LogP) is 3.60. The molecule has 0 radical (unpaired) electrons. The number of rotatable bonds is 11. The van der Waals surface area contributed by atoms with E-state index in [1.807, 2.05) is 0 Å². The number of hydrogen-bond acceptors (Lipinski definition) is 3. The fourth-order valence-corrected chi connectivity index (χ4v) is 3.00. The lowest BCUT2D eigenvalue weighted by Crippen LogP contribution is -2.14. The minimum absolute atomic E-state index is 0.205. The highest BCUT2D eigenvalue weighted by molar-refractivity contribution is 5.83. The molecule has 1 saturated carbocycles. The van der Waals surface area contributed by atoms with Crippen molar-refractivity contribution in [2.75, 3.05) is 13.2 Å². The molecule has 1 fully saturated rings. The summed E-state index contributed by atoms with van der Waals surface area (Å²) in [6, 6.07) is 0. The van der Waals surface area contributed by atoms with E-state index in [9.17, 15) is 9.59 Å². The minimum Gasteiger partial charge on any atom is -0.480 e. The number of aliphatic carboxylic acids is 1. The number of Topliss-reactive ketones (excluding diaryl/α,β-unsaturated/α-hetero) is 1.